The molecule has 3 aromatic carbocycles. The third kappa shape index (κ3) is 4.24. The number of tetrazole rings is 1. The van der Waals surface area contributed by atoms with Gasteiger partial charge in [-0.25, -0.2) is 4.68 Å². The molecule has 2 aromatic heterocycles. The molecule has 1 N–H and O–H groups in total. The summed E-state index contributed by atoms with van der Waals surface area (Å²) < 4.78 is 7.68. The highest BCUT2D eigenvalue weighted by molar-refractivity contribution is 5.80. The van der Waals surface area contributed by atoms with E-state index in [0.717, 1.165) is 39.3 Å². The Hall–Kier alpha value is -4.33. The van der Waals surface area contributed by atoms with Gasteiger partial charge in [0.2, 0.25) is 5.82 Å². The van der Waals surface area contributed by atoms with Crippen molar-refractivity contribution in [3.05, 3.63) is 95.8 Å². The number of hydrogen-bond donors (Lipinski definition) is 1. The number of hydrogen-bond acceptors (Lipinski definition) is 6. The first-order chi connectivity index (χ1) is 15.8. The lowest BCUT2D eigenvalue weighted by molar-refractivity contribution is 0.299. The highest BCUT2D eigenvalue weighted by Crippen LogP contribution is 2.29. The summed E-state index contributed by atoms with van der Waals surface area (Å²) in [6.45, 7) is 3.04. The Balaban J connectivity index is 1.27. The van der Waals surface area contributed by atoms with Crippen LogP contribution in [0.25, 0.3) is 22.5 Å². The van der Waals surface area contributed by atoms with Gasteiger partial charge in [0.25, 0.3) is 0 Å². The van der Waals surface area contributed by atoms with Crippen molar-refractivity contribution in [2.45, 2.75) is 20.1 Å². The van der Waals surface area contributed by atoms with E-state index >= 15 is 0 Å². The monoisotopic (exact) mass is 423 g/mol. The van der Waals surface area contributed by atoms with Crippen molar-refractivity contribution in [1.82, 2.24) is 35.6 Å². The highest BCUT2D eigenvalue weighted by Gasteiger charge is 2.11. The molecule has 0 amide bonds. The van der Waals surface area contributed by atoms with Gasteiger partial charge in [-0.15, -0.1) is 15.3 Å². The zero-order valence-corrected chi connectivity index (χ0v) is 17.5. The Kier molecular flexibility index (Phi) is 5.40. The molecule has 5 rings (SSSR count). The Morgan fingerprint density at radius 3 is 2.44 bits per heavy atom. The van der Waals surface area contributed by atoms with Gasteiger partial charge in [-0.2, -0.15) is 5.21 Å². The van der Waals surface area contributed by atoms with Crippen LogP contribution in [0.2, 0.25) is 0 Å². The lowest BCUT2D eigenvalue weighted by Gasteiger charge is -2.08. The zero-order valence-electron chi connectivity index (χ0n) is 17.5. The molecule has 0 radical (unpaired) electrons. The van der Waals surface area contributed by atoms with Crippen molar-refractivity contribution in [1.29, 1.82) is 0 Å². The van der Waals surface area contributed by atoms with E-state index in [4.69, 9.17) is 4.74 Å². The predicted octanol–water partition coefficient (Wildman–Crippen LogP) is 4.06. The smallest absolute Gasteiger partial charge is 0.205 e. The van der Waals surface area contributed by atoms with Gasteiger partial charge in [0.1, 0.15) is 18.1 Å². The van der Waals surface area contributed by atoms with Crippen molar-refractivity contribution in [3.8, 4) is 28.3 Å². The summed E-state index contributed by atoms with van der Waals surface area (Å²) in [7, 11) is 0. The number of benzene rings is 3. The molecule has 0 unspecified atom stereocenters. The number of rotatable bonds is 7. The number of para-hydroxylation sites is 1. The quantitative estimate of drug-likeness (QED) is 0.424. The number of nitrogens with zero attached hydrogens (tertiary/aromatic N) is 6. The first-order valence-corrected chi connectivity index (χ1v) is 10.3. The van der Waals surface area contributed by atoms with Crippen molar-refractivity contribution in [3.63, 3.8) is 0 Å². The summed E-state index contributed by atoms with van der Waals surface area (Å²) in [4.78, 5) is 0. The van der Waals surface area contributed by atoms with Crippen LogP contribution in [-0.2, 0) is 13.2 Å². The lowest BCUT2D eigenvalue weighted by atomic mass is 9.98. The standard InChI is InChI=1S/C24H21N7O/c1-17-6-2-5-9-23(17)32-16-20-15-31(30-25-20)14-18-10-12-19(13-11-18)21-7-3-4-8-22(21)24-26-28-29-27-24/h2-13,15H,14,16H2,1H3,(H,26,27,28,29). The minimum absolute atomic E-state index is 0.386. The van der Waals surface area contributed by atoms with Gasteiger partial charge >= 0.3 is 0 Å². The van der Waals surface area contributed by atoms with E-state index in [1.165, 1.54) is 0 Å². The molecular formula is C24H21N7O. The van der Waals surface area contributed by atoms with Gasteiger partial charge in [0.15, 0.2) is 0 Å². The van der Waals surface area contributed by atoms with E-state index in [-0.39, 0.29) is 0 Å². The first-order valence-electron chi connectivity index (χ1n) is 10.3. The fourth-order valence-corrected chi connectivity index (χ4v) is 3.53. The highest BCUT2D eigenvalue weighted by atomic mass is 16.5. The van der Waals surface area contributed by atoms with Crippen molar-refractivity contribution >= 4 is 0 Å². The maximum atomic E-state index is 5.86. The van der Waals surface area contributed by atoms with Crippen LogP contribution in [0.4, 0.5) is 0 Å². The molecule has 8 heteroatoms. The molecule has 0 spiro atoms. The molecule has 8 nitrogen and oxygen atoms in total. The van der Waals surface area contributed by atoms with Gasteiger partial charge in [-0.1, -0.05) is 71.9 Å². The molecule has 0 aliphatic heterocycles. The van der Waals surface area contributed by atoms with Crippen LogP contribution in [0.5, 0.6) is 5.75 Å². The molecule has 2 heterocycles. The third-order valence-corrected chi connectivity index (χ3v) is 5.18. The summed E-state index contributed by atoms with van der Waals surface area (Å²) in [5.74, 6) is 1.44. The number of nitrogens with one attached hydrogen (secondary N) is 1. The SMILES string of the molecule is Cc1ccccc1OCc1cn(Cc2ccc(-c3ccccc3-c3nn[nH]n3)cc2)nn1. The van der Waals surface area contributed by atoms with Crippen molar-refractivity contribution < 1.29 is 4.74 Å². The van der Waals surface area contributed by atoms with E-state index in [9.17, 15) is 0 Å². The Labute approximate surface area is 184 Å². The van der Waals surface area contributed by atoms with Gasteiger partial charge in [0, 0.05) is 5.56 Å². The lowest BCUT2D eigenvalue weighted by Crippen LogP contribution is -2.00. The number of aryl methyl sites for hydroxylation is 1. The fourth-order valence-electron chi connectivity index (χ4n) is 3.53. The van der Waals surface area contributed by atoms with Crippen LogP contribution in [-0.4, -0.2) is 35.6 Å². The topological polar surface area (TPSA) is 94.4 Å². The number of aromatic nitrogens is 7. The maximum absolute atomic E-state index is 5.86. The van der Waals surface area contributed by atoms with Crippen LogP contribution in [0.3, 0.4) is 0 Å². The number of H-pyrrole nitrogens is 1. The normalized spacial score (nSPS) is 10.9. The molecule has 0 aliphatic carbocycles. The third-order valence-electron chi connectivity index (χ3n) is 5.18. The van der Waals surface area contributed by atoms with E-state index in [2.05, 4.69) is 61.3 Å². The average molecular weight is 423 g/mol. The van der Waals surface area contributed by atoms with Gasteiger partial charge in [0.05, 0.1) is 12.7 Å². The van der Waals surface area contributed by atoms with E-state index in [0.29, 0.717) is 19.0 Å². The summed E-state index contributed by atoms with van der Waals surface area (Å²) in [6.07, 6.45) is 1.91. The molecule has 0 atom stereocenters. The molecule has 0 saturated heterocycles. The first kappa shape index (κ1) is 19.6. The number of aromatic amines is 1. The van der Waals surface area contributed by atoms with E-state index < -0.39 is 0 Å². The van der Waals surface area contributed by atoms with Crippen LogP contribution in [0.1, 0.15) is 16.8 Å². The van der Waals surface area contributed by atoms with Crippen molar-refractivity contribution in [2.24, 2.45) is 0 Å². The van der Waals surface area contributed by atoms with Gasteiger partial charge in [-0.3, -0.25) is 0 Å². The molecule has 5 aromatic rings. The van der Waals surface area contributed by atoms with E-state index in [1.54, 1.807) is 0 Å². The minimum Gasteiger partial charge on any atom is -0.487 e. The zero-order chi connectivity index (χ0) is 21.8. The van der Waals surface area contributed by atoms with Crippen molar-refractivity contribution in [2.75, 3.05) is 0 Å². The maximum Gasteiger partial charge on any atom is 0.205 e. The summed E-state index contributed by atoms with van der Waals surface area (Å²) in [6, 6.07) is 24.3. The molecule has 158 valence electrons. The Morgan fingerprint density at radius 2 is 1.66 bits per heavy atom. The summed E-state index contributed by atoms with van der Waals surface area (Å²) in [5, 5.41) is 22.9. The molecule has 0 aliphatic rings. The molecule has 0 bridgehead atoms. The fraction of sp³-hybridized carbons (Fsp3) is 0.125. The van der Waals surface area contributed by atoms with Gasteiger partial charge in [-0.05, 0) is 40.5 Å². The number of ether oxygens (including phenoxy) is 1. The summed E-state index contributed by atoms with van der Waals surface area (Å²) in [5.41, 5.74) is 6.09. The molecule has 32 heavy (non-hydrogen) atoms. The Morgan fingerprint density at radius 1 is 0.875 bits per heavy atom. The van der Waals surface area contributed by atoms with Crippen LogP contribution in [0, 0.1) is 6.92 Å². The Bertz CT molecular complexity index is 1310. The predicted molar refractivity (Wildman–Crippen MR) is 120 cm³/mol. The largest absolute Gasteiger partial charge is 0.487 e. The second-order valence-corrected chi connectivity index (χ2v) is 7.44. The van der Waals surface area contributed by atoms with Crippen LogP contribution in [0.15, 0.2) is 79.0 Å². The summed E-state index contributed by atoms with van der Waals surface area (Å²) >= 11 is 0. The second-order valence-electron chi connectivity index (χ2n) is 7.44. The minimum atomic E-state index is 0.386. The van der Waals surface area contributed by atoms with E-state index in [1.807, 2.05) is 60.3 Å². The van der Waals surface area contributed by atoms with Crippen LogP contribution < -0.4 is 4.74 Å². The second kappa shape index (κ2) is 8.81. The molecule has 0 fully saturated rings. The molecule has 0 saturated carbocycles. The average Bonchev–Trinajstić information content (AvgIpc) is 3.52. The van der Waals surface area contributed by atoms with Gasteiger partial charge < -0.3 is 4.74 Å². The molecular weight excluding hydrogens is 402 g/mol. The van der Waals surface area contributed by atoms with Crippen LogP contribution >= 0.6 is 0 Å².